The molecule has 3 nitrogen and oxygen atoms in total. The van der Waals surface area contributed by atoms with Crippen LogP contribution in [-0.2, 0) is 0 Å². The van der Waals surface area contributed by atoms with Gasteiger partial charge in [-0.3, -0.25) is 0 Å². The van der Waals surface area contributed by atoms with Crippen LogP contribution in [0.2, 0.25) is 0 Å². The van der Waals surface area contributed by atoms with Crippen molar-refractivity contribution in [1.29, 1.82) is 0 Å². The fourth-order valence-electron chi connectivity index (χ4n) is 2.36. The maximum Gasteiger partial charge on any atom is 0.134 e. The van der Waals surface area contributed by atoms with E-state index in [4.69, 9.17) is 16.3 Å². The molecule has 0 spiro atoms. The number of alkyl halides is 1. The zero-order valence-electron chi connectivity index (χ0n) is 13.1. The second-order valence-electron chi connectivity index (χ2n) is 6.49. The average molecular weight is 307 g/mol. The zero-order chi connectivity index (χ0) is 15.5. The molecular weight excluding hydrogens is 284 g/mol. The van der Waals surface area contributed by atoms with Crippen molar-refractivity contribution in [2.45, 2.75) is 32.6 Å². The van der Waals surface area contributed by atoms with Crippen LogP contribution in [0.3, 0.4) is 0 Å². The van der Waals surface area contributed by atoms with Gasteiger partial charge in [-0.1, -0.05) is 26.8 Å². The number of hydrogen-bond acceptors (Lipinski definition) is 3. The molecule has 0 saturated heterocycles. The molecule has 0 fully saturated rings. The van der Waals surface area contributed by atoms with Crippen LogP contribution >= 0.6 is 11.6 Å². The summed E-state index contributed by atoms with van der Waals surface area (Å²) in [7, 11) is 1.67. The monoisotopic (exact) mass is 306 g/mol. The lowest BCUT2D eigenvalue weighted by atomic mass is 9.90. The molecule has 21 heavy (non-hydrogen) atoms. The van der Waals surface area contributed by atoms with Crippen LogP contribution in [0.1, 0.15) is 27.2 Å². The van der Waals surface area contributed by atoms with E-state index in [0.717, 1.165) is 28.8 Å². The van der Waals surface area contributed by atoms with Crippen LogP contribution in [0.15, 0.2) is 30.5 Å². The normalized spacial score (nSPS) is 13.2. The third-order valence-electron chi connectivity index (χ3n) is 3.30. The van der Waals surface area contributed by atoms with Crippen molar-refractivity contribution in [1.82, 2.24) is 4.98 Å². The molecular formula is C17H23ClN2O. The third-order valence-corrected chi connectivity index (χ3v) is 3.61. The minimum Gasteiger partial charge on any atom is -0.497 e. The maximum absolute atomic E-state index is 6.41. The Morgan fingerprint density at radius 1 is 1.29 bits per heavy atom. The summed E-state index contributed by atoms with van der Waals surface area (Å²) in [6.07, 6.45) is 2.76. The van der Waals surface area contributed by atoms with Crippen LogP contribution < -0.4 is 10.1 Å². The van der Waals surface area contributed by atoms with E-state index in [1.165, 1.54) is 0 Å². The molecule has 2 rings (SSSR count). The second-order valence-corrected chi connectivity index (χ2v) is 7.11. The smallest absolute Gasteiger partial charge is 0.134 e. The first-order valence-corrected chi connectivity index (χ1v) is 7.63. The van der Waals surface area contributed by atoms with Gasteiger partial charge in [-0.15, -0.1) is 11.6 Å². The molecule has 0 aliphatic rings. The molecule has 1 heterocycles. The van der Waals surface area contributed by atoms with Crippen molar-refractivity contribution < 1.29 is 4.74 Å². The average Bonchev–Trinajstić information content (AvgIpc) is 2.42. The van der Waals surface area contributed by atoms with E-state index >= 15 is 0 Å². The molecule has 2 aromatic rings. The van der Waals surface area contributed by atoms with E-state index < -0.39 is 0 Å². The van der Waals surface area contributed by atoms with Crippen LogP contribution in [0.4, 0.5) is 5.82 Å². The quantitative estimate of drug-likeness (QED) is 0.813. The zero-order valence-corrected chi connectivity index (χ0v) is 13.9. The highest BCUT2D eigenvalue weighted by Crippen LogP contribution is 2.27. The molecule has 1 aromatic carbocycles. The Kier molecular flexibility index (Phi) is 4.94. The summed E-state index contributed by atoms with van der Waals surface area (Å²) in [6, 6.07) is 7.98. The lowest BCUT2D eigenvalue weighted by molar-refractivity contribution is 0.373. The van der Waals surface area contributed by atoms with E-state index in [1.54, 1.807) is 7.11 Å². The summed E-state index contributed by atoms with van der Waals surface area (Å²) in [5.41, 5.74) is 0.226. The van der Waals surface area contributed by atoms with Crippen molar-refractivity contribution >= 4 is 28.2 Å². The summed E-state index contributed by atoms with van der Waals surface area (Å²) in [5.74, 6) is 1.68. The van der Waals surface area contributed by atoms with Gasteiger partial charge in [-0.25, -0.2) is 4.98 Å². The Bertz CT molecular complexity index is 607. The Labute approximate surface area is 131 Å². The number of aromatic nitrogens is 1. The van der Waals surface area contributed by atoms with E-state index in [9.17, 15) is 0 Å². The number of pyridine rings is 1. The van der Waals surface area contributed by atoms with Crippen LogP contribution in [0.5, 0.6) is 5.75 Å². The predicted molar refractivity (Wildman–Crippen MR) is 90.5 cm³/mol. The number of halogens is 1. The molecule has 4 heteroatoms. The molecule has 1 N–H and O–H groups in total. The summed E-state index contributed by atoms with van der Waals surface area (Å²) in [6.45, 7) is 7.29. The number of rotatable bonds is 5. The molecule has 0 bridgehead atoms. The van der Waals surface area contributed by atoms with Gasteiger partial charge in [-0.2, -0.15) is 0 Å². The SMILES string of the molecule is COc1ccc2ccnc(NCC(Cl)CC(C)(C)C)c2c1. The Hall–Kier alpha value is -1.48. The van der Waals surface area contributed by atoms with Crippen molar-refractivity contribution in [3.63, 3.8) is 0 Å². The lowest BCUT2D eigenvalue weighted by Crippen LogP contribution is -2.21. The fraction of sp³-hybridized carbons (Fsp3) is 0.471. The molecule has 114 valence electrons. The first-order valence-electron chi connectivity index (χ1n) is 7.20. The van der Waals surface area contributed by atoms with Gasteiger partial charge >= 0.3 is 0 Å². The lowest BCUT2D eigenvalue weighted by Gasteiger charge is -2.22. The largest absolute Gasteiger partial charge is 0.497 e. The molecule has 0 saturated carbocycles. The molecule has 0 aliphatic carbocycles. The minimum atomic E-state index is 0.0765. The highest BCUT2D eigenvalue weighted by Gasteiger charge is 2.17. The number of nitrogens with zero attached hydrogens (tertiary/aromatic N) is 1. The minimum absolute atomic E-state index is 0.0765. The third kappa shape index (κ3) is 4.50. The van der Waals surface area contributed by atoms with Crippen molar-refractivity contribution in [3.05, 3.63) is 30.5 Å². The first-order chi connectivity index (χ1) is 9.89. The Morgan fingerprint density at radius 3 is 2.71 bits per heavy atom. The van der Waals surface area contributed by atoms with E-state index in [0.29, 0.717) is 6.54 Å². The highest BCUT2D eigenvalue weighted by molar-refractivity contribution is 6.21. The van der Waals surface area contributed by atoms with Gasteiger partial charge in [-0.05, 0) is 35.4 Å². The van der Waals surface area contributed by atoms with Gasteiger partial charge in [0.25, 0.3) is 0 Å². The summed E-state index contributed by atoms with van der Waals surface area (Å²) >= 11 is 6.41. The molecule has 1 unspecified atom stereocenters. The summed E-state index contributed by atoms with van der Waals surface area (Å²) in [5, 5.41) is 5.63. The van der Waals surface area contributed by atoms with Crippen LogP contribution in [0.25, 0.3) is 10.8 Å². The first kappa shape index (κ1) is 15.9. The number of anilines is 1. The van der Waals surface area contributed by atoms with Crippen molar-refractivity contribution in [2.75, 3.05) is 19.0 Å². The predicted octanol–water partition coefficient (Wildman–Crippen LogP) is 4.70. The number of benzene rings is 1. The molecule has 0 aliphatic heterocycles. The number of methoxy groups -OCH3 is 1. The number of nitrogens with one attached hydrogen (secondary N) is 1. The van der Waals surface area contributed by atoms with E-state index in [1.807, 2.05) is 30.5 Å². The van der Waals surface area contributed by atoms with E-state index in [2.05, 4.69) is 31.1 Å². The Morgan fingerprint density at radius 2 is 2.05 bits per heavy atom. The second kappa shape index (κ2) is 6.52. The summed E-state index contributed by atoms with van der Waals surface area (Å²) < 4.78 is 5.29. The standard InChI is InChI=1S/C17H23ClN2O/c1-17(2,3)10-13(18)11-20-16-15-9-14(21-4)6-5-12(15)7-8-19-16/h5-9,13H,10-11H2,1-4H3,(H,19,20). The van der Waals surface area contributed by atoms with Crippen molar-refractivity contribution in [3.8, 4) is 5.75 Å². The summed E-state index contributed by atoms with van der Waals surface area (Å²) in [4.78, 5) is 4.43. The number of fused-ring (bicyclic) bond motifs is 1. The Balaban J connectivity index is 2.14. The van der Waals surface area contributed by atoms with Crippen molar-refractivity contribution in [2.24, 2.45) is 5.41 Å². The molecule has 0 amide bonds. The molecule has 1 aromatic heterocycles. The van der Waals surface area contributed by atoms with Gasteiger partial charge in [0, 0.05) is 18.1 Å². The highest BCUT2D eigenvalue weighted by atomic mass is 35.5. The molecule has 0 radical (unpaired) electrons. The fourth-order valence-corrected chi connectivity index (χ4v) is 2.90. The van der Waals surface area contributed by atoms with Gasteiger partial charge < -0.3 is 10.1 Å². The number of ether oxygens (including phenoxy) is 1. The number of hydrogen-bond donors (Lipinski definition) is 1. The van der Waals surface area contributed by atoms with Crippen LogP contribution in [-0.4, -0.2) is 24.0 Å². The van der Waals surface area contributed by atoms with Crippen LogP contribution in [0, 0.1) is 5.41 Å². The maximum atomic E-state index is 6.41. The van der Waals surface area contributed by atoms with Gasteiger partial charge in [0.05, 0.1) is 12.5 Å². The van der Waals surface area contributed by atoms with Gasteiger partial charge in [0.2, 0.25) is 0 Å². The molecule has 1 atom stereocenters. The van der Waals surface area contributed by atoms with Gasteiger partial charge in [0.1, 0.15) is 11.6 Å². The van der Waals surface area contributed by atoms with Gasteiger partial charge in [0.15, 0.2) is 0 Å². The topological polar surface area (TPSA) is 34.1 Å². The van der Waals surface area contributed by atoms with E-state index in [-0.39, 0.29) is 10.8 Å².